The monoisotopic (exact) mass is 334 g/mol. The number of ketones is 1. The molecule has 0 saturated carbocycles. The minimum Gasteiger partial charge on any atom is -0.358 e. The van der Waals surface area contributed by atoms with Crippen molar-refractivity contribution < 1.29 is 9.18 Å². The second kappa shape index (κ2) is 6.63. The lowest BCUT2D eigenvalue weighted by Gasteiger charge is -2.19. The quantitative estimate of drug-likeness (QED) is 0.769. The summed E-state index contributed by atoms with van der Waals surface area (Å²) in [5.41, 5.74) is 5.75. The van der Waals surface area contributed by atoms with Crippen molar-refractivity contribution in [1.29, 1.82) is 0 Å². The number of hydrogen-bond donors (Lipinski definition) is 1. The van der Waals surface area contributed by atoms with Gasteiger partial charge in [0.15, 0.2) is 5.78 Å². The Hall–Kier alpha value is -2.75. The SMILES string of the molecule is O=C1CC(CF)Cc2[nH]c(-c3ccncc3)c(Cc3ccccc3)c21. The van der Waals surface area contributed by atoms with E-state index < -0.39 is 6.67 Å². The van der Waals surface area contributed by atoms with E-state index in [-0.39, 0.29) is 11.7 Å². The van der Waals surface area contributed by atoms with Gasteiger partial charge in [-0.15, -0.1) is 0 Å². The Kier molecular flexibility index (Phi) is 4.18. The molecule has 1 aliphatic rings. The van der Waals surface area contributed by atoms with Gasteiger partial charge in [-0.3, -0.25) is 14.2 Å². The molecule has 1 aromatic carbocycles. The van der Waals surface area contributed by atoms with Crippen LogP contribution in [0.3, 0.4) is 0 Å². The van der Waals surface area contributed by atoms with Crippen molar-refractivity contribution >= 4 is 5.78 Å². The zero-order chi connectivity index (χ0) is 17.2. The second-order valence-corrected chi connectivity index (χ2v) is 6.58. The summed E-state index contributed by atoms with van der Waals surface area (Å²) in [5, 5.41) is 0. The number of carbonyl (C=O) groups excluding carboxylic acids is 1. The van der Waals surface area contributed by atoms with Gasteiger partial charge in [0.2, 0.25) is 0 Å². The number of aromatic nitrogens is 2. The van der Waals surface area contributed by atoms with E-state index in [2.05, 4.69) is 22.1 Å². The van der Waals surface area contributed by atoms with Gasteiger partial charge in [-0.05, 0) is 35.6 Å². The van der Waals surface area contributed by atoms with Gasteiger partial charge in [-0.1, -0.05) is 30.3 Å². The molecular formula is C21H19FN2O. The van der Waals surface area contributed by atoms with E-state index in [1.807, 2.05) is 30.3 Å². The molecule has 0 bridgehead atoms. The molecule has 0 fully saturated rings. The Morgan fingerprint density at radius 1 is 1.08 bits per heavy atom. The number of hydrogen-bond acceptors (Lipinski definition) is 2. The summed E-state index contributed by atoms with van der Waals surface area (Å²) < 4.78 is 13.1. The Morgan fingerprint density at radius 3 is 2.56 bits per heavy atom. The summed E-state index contributed by atoms with van der Waals surface area (Å²) in [5.74, 6) is -0.167. The Balaban J connectivity index is 1.85. The summed E-state index contributed by atoms with van der Waals surface area (Å²) in [6, 6.07) is 14.0. The lowest BCUT2D eigenvalue weighted by atomic mass is 9.84. The van der Waals surface area contributed by atoms with Crippen LogP contribution in [0, 0.1) is 5.92 Å². The molecule has 126 valence electrons. The minimum atomic E-state index is -0.456. The maximum absolute atomic E-state index is 13.1. The van der Waals surface area contributed by atoms with Crippen molar-refractivity contribution in [2.45, 2.75) is 19.3 Å². The zero-order valence-electron chi connectivity index (χ0n) is 13.8. The number of nitrogens with one attached hydrogen (secondary N) is 1. The first kappa shape index (κ1) is 15.8. The topological polar surface area (TPSA) is 45.8 Å². The van der Waals surface area contributed by atoms with E-state index in [0.717, 1.165) is 33.6 Å². The number of pyridine rings is 1. The van der Waals surface area contributed by atoms with E-state index in [1.54, 1.807) is 12.4 Å². The van der Waals surface area contributed by atoms with Gasteiger partial charge in [0.05, 0.1) is 12.4 Å². The third-order valence-electron chi connectivity index (χ3n) is 4.84. The number of carbonyl (C=O) groups is 1. The van der Waals surface area contributed by atoms with Crippen LogP contribution in [0.2, 0.25) is 0 Å². The van der Waals surface area contributed by atoms with Crippen molar-refractivity contribution in [3.63, 3.8) is 0 Å². The molecule has 1 N–H and O–H groups in total. The molecule has 0 radical (unpaired) electrons. The fourth-order valence-electron chi connectivity index (χ4n) is 3.66. The summed E-state index contributed by atoms with van der Waals surface area (Å²) >= 11 is 0. The van der Waals surface area contributed by atoms with Gasteiger partial charge in [-0.2, -0.15) is 0 Å². The maximum Gasteiger partial charge on any atom is 0.165 e. The van der Waals surface area contributed by atoms with E-state index in [0.29, 0.717) is 19.3 Å². The van der Waals surface area contributed by atoms with Crippen molar-refractivity contribution in [2.24, 2.45) is 5.92 Å². The average Bonchev–Trinajstić information content (AvgIpc) is 3.02. The maximum atomic E-state index is 13.1. The lowest BCUT2D eigenvalue weighted by Crippen LogP contribution is -2.21. The number of Topliss-reactive ketones (excluding diaryl/α,β-unsaturated/α-hetero) is 1. The molecule has 25 heavy (non-hydrogen) atoms. The molecule has 0 aliphatic heterocycles. The highest BCUT2D eigenvalue weighted by atomic mass is 19.1. The number of fused-ring (bicyclic) bond motifs is 1. The van der Waals surface area contributed by atoms with Crippen molar-refractivity contribution in [3.05, 3.63) is 77.2 Å². The van der Waals surface area contributed by atoms with Crippen LogP contribution in [0.5, 0.6) is 0 Å². The molecule has 0 spiro atoms. The fourth-order valence-corrected chi connectivity index (χ4v) is 3.66. The van der Waals surface area contributed by atoms with Crippen LogP contribution in [-0.2, 0) is 12.8 Å². The van der Waals surface area contributed by atoms with Gasteiger partial charge in [0.1, 0.15) is 0 Å². The fraction of sp³-hybridized carbons (Fsp3) is 0.238. The predicted octanol–water partition coefficient (Wildman–Crippen LogP) is 4.38. The molecule has 1 unspecified atom stereocenters. The number of H-pyrrole nitrogens is 1. The Morgan fingerprint density at radius 2 is 1.84 bits per heavy atom. The van der Waals surface area contributed by atoms with Crippen LogP contribution < -0.4 is 0 Å². The van der Waals surface area contributed by atoms with E-state index in [1.165, 1.54) is 0 Å². The molecule has 4 heteroatoms. The molecular weight excluding hydrogens is 315 g/mol. The molecule has 2 aromatic heterocycles. The summed E-state index contributed by atoms with van der Waals surface area (Å²) in [6.07, 6.45) is 5.04. The first-order chi connectivity index (χ1) is 12.3. The lowest BCUT2D eigenvalue weighted by molar-refractivity contribution is 0.0938. The number of aromatic amines is 1. The third-order valence-corrected chi connectivity index (χ3v) is 4.84. The summed E-state index contributed by atoms with van der Waals surface area (Å²) in [6.45, 7) is -0.456. The van der Waals surface area contributed by atoms with Crippen LogP contribution in [-0.4, -0.2) is 22.4 Å². The first-order valence-corrected chi connectivity index (χ1v) is 8.53. The van der Waals surface area contributed by atoms with Crippen LogP contribution in [0.15, 0.2) is 54.9 Å². The Bertz CT molecular complexity index is 887. The second-order valence-electron chi connectivity index (χ2n) is 6.58. The van der Waals surface area contributed by atoms with E-state index in [9.17, 15) is 9.18 Å². The number of benzene rings is 1. The highest BCUT2D eigenvalue weighted by molar-refractivity contribution is 6.01. The van der Waals surface area contributed by atoms with Crippen molar-refractivity contribution in [2.75, 3.05) is 6.67 Å². The largest absolute Gasteiger partial charge is 0.358 e. The molecule has 1 atom stereocenters. The number of nitrogens with zero attached hydrogens (tertiary/aromatic N) is 1. The van der Waals surface area contributed by atoms with E-state index in [4.69, 9.17) is 0 Å². The van der Waals surface area contributed by atoms with Gasteiger partial charge < -0.3 is 4.98 Å². The van der Waals surface area contributed by atoms with E-state index >= 15 is 0 Å². The average molecular weight is 334 g/mol. The summed E-state index contributed by atoms with van der Waals surface area (Å²) in [4.78, 5) is 20.2. The number of halogens is 1. The normalized spacial score (nSPS) is 16.7. The van der Waals surface area contributed by atoms with Crippen LogP contribution in [0.25, 0.3) is 11.3 Å². The first-order valence-electron chi connectivity index (χ1n) is 8.53. The molecule has 0 amide bonds. The van der Waals surface area contributed by atoms with Crippen LogP contribution in [0.1, 0.15) is 33.6 Å². The highest BCUT2D eigenvalue weighted by Crippen LogP contribution is 2.36. The zero-order valence-corrected chi connectivity index (χ0v) is 13.8. The smallest absolute Gasteiger partial charge is 0.165 e. The van der Waals surface area contributed by atoms with Crippen molar-refractivity contribution in [3.8, 4) is 11.3 Å². The van der Waals surface area contributed by atoms with Crippen molar-refractivity contribution in [1.82, 2.24) is 9.97 Å². The van der Waals surface area contributed by atoms with Crippen LogP contribution in [0.4, 0.5) is 4.39 Å². The summed E-state index contributed by atoms with van der Waals surface area (Å²) in [7, 11) is 0. The Labute approximate surface area is 145 Å². The van der Waals surface area contributed by atoms with Gasteiger partial charge >= 0.3 is 0 Å². The highest BCUT2D eigenvalue weighted by Gasteiger charge is 2.31. The van der Waals surface area contributed by atoms with Gasteiger partial charge in [0.25, 0.3) is 0 Å². The molecule has 4 rings (SSSR count). The molecule has 3 nitrogen and oxygen atoms in total. The minimum absolute atomic E-state index is 0.0476. The molecule has 2 heterocycles. The standard InChI is InChI=1S/C21H19FN2O/c22-13-15-11-18-20(19(25)12-15)17(10-14-4-2-1-3-5-14)21(24-18)16-6-8-23-9-7-16/h1-9,15,24H,10-13H2. The van der Waals surface area contributed by atoms with Crippen LogP contribution >= 0.6 is 0 Å². The predicted molar refractivity (Wildman–Crippen MR) is 95.4 cm³/mol. The third kappa shape index (κ3) is 3.00. The number of alkyl halides is 1. The number of rotatable bonds is 4. The van der Waals surface area contributed by atoms with Gasteiger partial charge in [-0.25, -0.2) is 0 Å². The molecule has 1 aliphatic carbocycles. The van der Waals surface area contributed by atoms with Gasteiger partial charge in [0, 0.05) is 42.1 Å². The molecule has 3 aromatic rings. The molecule has 0 saturated heterocycles.